The molecule has 110 valence electrons. The molecule has 2 aromatic rings. The van der Waals surface area contributed by atoms with Gasteiger partial charge in [-0.2, -0.15) is 0 Å². The fraction of sp³-hybridized carbons (Fsp3) is 0.312. The summed E-state index contributed by atoms with van der Waals surface area (Å²) in [6, 6.07) is 7.22. The Balaban J connectivity index is 2.14. The number of aryl methyl sites for hydroxylation is 2. The standard InChI is InChI=1S/C16H20N4O/c1-4-7-17-15-9-13(8-12(3)19-15)16(21)20-14-6-5-11(2)10-18-14/h5-6,8-10H,4,7H2,1-3H3,(H,17,19)(H,18,20,21). The van der Waals surface area contributed by atoms with Crippen molar-refractivity contribution in [3.63, 3.8) is 0 Å². The first-order chi connectivity index (χ1) is 10.1. The van der Waals surface area contributed by atoms with Crippen LogP contribution in [-0.2, 0) is 0 Å². The second kappa shape index (κ2) is 6.83. The van der Waals surface area contributed by atoms with Gasteiger partial charge in [0.05, 0.1) is 0 Å². The number of nitrogens with zero attached hydrogens (tertiary/aromatic N) is 2. The second-order valence-corrected chi connectivity index (χ2v) is 4.98. The van der Waals surface area contributed by atoms with Crippen LogP contribution in [0.15, 0.2) is 30.5 Å². The summed E-state index contributed by atoms with van der Waals surface area (Å²) >= 11 is 0. The molecule has 0 aliphatic rings. The van der Waals surface area contributed by atoms with E-state index in [0.29, 0.717) is 11.4 Å². The first-order valence-corrected chi connectivity index (χ1v) is 7.05. The molecule has 0 spiro atoms. The van der Waals surface area contributed by atoms with Gasteiger partial charge in [0.15, 0.2) is 0 Å². The predicted molar refractivity (Wildman–Crippen MR) is 84.7 cm³/mol. The van der Waals surface area contributed by atoms with Crippen LogP contribution in [0.2, 0.25) is 0 Å². The first kappa shape index (κ1) is 15.0. The molecule has 5 heteroatoms. The Morgan fingerprint density at radius 3 is 2.67 bits per heavy atom. The molecule has 2 aromatic heterocycles. The van der Waals surface area contributed by atoms with Crippen LogP contribution in [0.5, 0.6) is 0 Å². The first-order valence-electron chi connectivity index (χ1n) is 7.05. The Bertz CT molecular complexity index is 623. The molecule has 0 saturated heterocycles. The topological polar surface area (TPSA) is 66.9 Å². The fourth-order valence-electron chi connectivity index (χ4n) is 1.87. The molecular weight excluding hydrogens is 264 g/mol. The summed E-state index contributed by atoms with van der Waals surface area (Å²) in [7, 11) is 0. The Labute approximate surface area is 124 Å². The second-order valence-electron chi connectivity index (χ2n) is 4.98. The van der Waals surface area contributed by atoms with Gasteiger partial charge in [0.2, 0.25) is 0 Å². The van der Waals surface area contributed by atoms with Crippen molar-refractivity contribution in [2.45, 2.75) is 27.2 Å². The average Bonchev–Trinajstić information content (AvgIpc) is 2.47. The van der Waals surface area contributed by atoms with Crippen molar-refractivity contribution in [2.75, 3.05) is 17.2 Å². The van der Waals surface area contributed by atoms with E-state index in [2.05, 4.69) is 27.5 Å². The largest absolute Gasteiger partial charge is 0.370 e. The number of hydrogen-bond donors (Lipinski definition) is 2. The highest BCUT2D eigenvalue weighted by molar-refractivity contribution is 6.04. The Kier molecular flexibility index (Phi) is 4.87. The van der Waals surface area contributed by atoms with E-state index in [1.54, 1.807) is 24.4 Å². The van der Waals surface area contributed by atoms with E-state index in [4.69, 9.17) is 0 Å². The SMILES string of the molecule is CCCNc1cc(C(=O)Nc2ccc(C)cn2)cc(C)n1. The molecule has 0 unspecified atom stereocenters. The van der Waals surface area contributed by atoms with Gasteiger partial charge in [-0.25, -0.2) is 9.97 Å². The minimum absolute atomic E-state index is 0.184. The molecule has 5 nitrogen and oxygen atoms in total. The molecule has 2 heterocycles. The molecule has 0 aromatic carbocycles. The highest BCUT2D eigenvalue weighted by Crippen LogP contribution is 2.13. The van der Waals surface area contributed by atoms with Crippen LogP contribution in [-0.4, -0.2) is 22.4 Å². The van der Waals surface area contributed by atoms with E-state index >= 15 is 0 Å². The zero-order valence-corrected chi connectivity index (χ0v) is 12.6. The van der Waals surface area contributed by atoms with E-state index < -0.39 is 0 Å². The molecular formula is C16H20N4O. The Morgan fingerprint density at radius 1 is 1.19 bits per heavy atom. The molecule has 2 N–H and O–H groups in total. The normalized spacial score (nSPS) is 10.2. The lowest BCUT2D eigenvalue weighted by Crippen LogP contribution is -2.14. The van der Waals surface area contributed by atoms with Crippen LogP contribution in [0.3, 0.4) is 0 Å². The molecule has 0 bridgehead atoms. The summed E-state index contributed by atoms with van der Waals surface area (Å²) < 4.78 is 0. The number of amides is 1. The summed E-state index contributed by atoms with van der Waals surface area (Å²) in [5.74, 6) is 1.08. The van der Waals surface area contributed by atoms with Gasteiger partial charge in [0, 0.05) is 24.0 Å². The lowest BCUT2D eigenvalue weighted by Gasteiger charge is -2.09. The highest BCUT2D eigenvalue weighted by atomic mass is 16.1. The highest BCUT2D eigenvalue weighted by Gasteiger charge is 2.09. The van der Waals surface area contributed by atoms with Crippen molar-refractivity contribution in [1.29, 1.82) is 0 Å². The number of hydrogen-bond acceptors (Lipinski definition) is 4. The summed E-state index contributed by atoms with van der Waals surface area (Å²) in [6.07, 6.45) is 2.73. The van der Waals surface area contributed by atoms with Crippen LogP contribution in [0.25, 0.3) is 0 Å². The van der Waals surface area contributed by atoms with E-state index in [0.717, 1.165) is 30.0 Å². The number of carbonyl (C=O) groups excluding carboxylic acids is 1. The molecule has 0 saturated carbocycles. The zero-order valence-electron chi connectivity index (χ0n) is 12.6. The van der Waals surface area contributed by atoms with E-state index in [1.807, 2.05) is 19.9 Å². The summed E-state index contributed by atoms with van der Waals surface area (Å²) in [6.45, 7) is 6.74. The smallest absolute Gasteiger partial charge is 0.257 e. The fourth-order valence-corrected chi connectivity index (χ4v) is 1.87. The molecule has 21 heavy (non-hydrogen) atoms. The van der Waals surface area contributed by atoms with Crippen molar-refractivity contribution in [1.82, 2.24) is 9.97 Å². The van der Waals surface area contributed by atoms with Gasteiger partial charge in [-0.15, -0.1) is 0 Å². The molecule has 0 aliphatic heterocycles. The third kappa shape index (κ3) is 4.27. The van der Waals surface area contributed by atoms with Gasteiger partial charge in [-0.3, -0.25) is 4.79 Å². The summed E-state index contributed by atoms with van der Waals surface area (Å²) in [4.78, 5) is 20.8. The maximum Gasteiger partial charge on any atom is 0.257 e. The Hall–Kier alpha value is -2.43. The molecule has 0 fully saturated rings. The maximum absolute atomic E-state index is 12.3. The summed E-state index contributed by atoms with van der Waals surface area (Å²) in [5, 5.41) is 5.99. The van der Waals surface area contributed by atoms with Gasteiger partial charge in [0.25, 0.3) is 5.91 Å². The van der Waals surface area contributed by atoms with E-state index in [1.165, 1.54) is 0 Å². The van der Waals surface area contributed by atoms with Crippen molar-refractivity contribution in [2.24, 2.45) is 0 Å². The van der Waals surface area contributed by atoms with Crippen LogP contribution < -0.4 is 10.6 Å². The van der Waals surface area contributed by atoms with Crippen LogP contribution in [0.4, 0.5) is 11.6 Å². The molecule has 0 atom stereocenters. The van der Waals surface area contributed by atoms with Crippen LogP contribution in [0.1, 0.15) is 35.0 Å². The van der Waals surface area contributed by atoms with Crippen LogP contribution in [0, 0.1) is 13.8 Å². The zero-order chi connectivity index (χ0) is 15.2. The predicted octanol–water partition coefficient (Wildman–Crippen LogP) is 3.17. The number of rotatable bonds is 5. The van der Waals surface area contributed by atoms with Gasteiger partial charge in [-0.1, -0.05) is 13.0 Å². The number of carbonyl (C=O) groups is 1. The molecule has 0 radical (unpaired) electrons. The summed E-state index contributed by atoms with van der Waals surface area (Å²) in [5.41, 5.74) is 2.43. The number of aromatic nitrogens is 2. The minimum Gasteiger partial charge on any atom is -0.370 e. The van der Waals surface area contributed by atoms with Gasteiger partial charge in [-0.05, 0) is 44.0 Å². The van der Waals surface area contributed by atoms with E-state index in [9.17, 15) is 4.79 Å². The quantitative estimate of drug-likeness (QED) is 0.885. The minimum atomic E-state index is -0.184. The molecule has 1 amide bonds. The van der Waals surface area contributed by atoms with Crippen molar-refractivity contribution in [3.8, 4) is 0 Å². The number of nitrogens with one attached hydrogen (secondary N) is 2. The van der Waals surface area contributed by atoms with Gasteiger partial charge in [0.1, 0.15) is 11.6 Å². The average molecular weight is 284 g/mol. The lowest BCUT2D eigenvalue weighted by molar-refractivity contribution is 0.102. The monoisotopic (exact) mass is 284 g/mol. The molecule has 2 rings (SSSR count). The van der Waals surface area contributed by atoms with Crippen molar-refractivity contribution >= 4 is 17.5 Å². The third-order valence-corrected chi connectivity index (χ3v) is 2.92. The van der Waals surface area contributed by atoms with Crippen molar-refractivity contribution < 1.29 is 4.79 Å². The van der Waals surface area contributed by atoms with Crippen LogP contribution >= 0.6 is 0 Å². The maximum atomic E-state index is 12.3. The van der Waals surface area contributed by atoms with E-state index in [-0.39, 0.29) is 5.91 Å². The number of pyridine rings is 2. The lowest BCUT2D eigenvalue weighted by atomic mass is 10.2. The van der Waals surface area contributed by atoms with Gasteiger partial charge >= 0.3 is 0 Å². The van der Waals surface area contributed by atoms with Gasteiger partial charge < -0.3 is 10.6 Å². The molecule has 0 aliphatic carbocycles. The Morgan fingerprint density at radius 2 is 2.00 bits per heavy atom. The third-order valence-electron chi connectivity index (χ3n) is 2.92. The number of anilines is 2. The van der Waals surface area contributed by atoms with Crippen molar-refractivity contribution in [3.05, 3.63) is 47.3 Å².